The maximum absolute atomic E-state index is 12.7. The minimum absolute atomic E-state index is 0.212. The van der Waals surface area contributed by atoms with Crippen molar-refractivity contribution in [1.29, 1.82) is 0 Å². The summed E-state index contributed by atoms with van der Waals surface area (Å²) in [5.41, 5.74) is 1.17. The Bertz CT molecular complexity index is 786. The van der Waals surface area contributed by atoms with Crippen molar-refractivity contribution in [1.82, 2.24) is 5.06 Å². The van der Waals surface area contributed by atoms with Gasteiger partial charge in [0.1, 0.15) is 17.2 Å². The summed E-state index contributed by atoms with van der Waals surface area (Å²) in [5.74, 6) is 1.45. The molecule has 0 radical (unpaired) electrons. The zero-order chi connectivity index (χ0) is 17.2. The van der Waals surface area contributed by atoms with Crippen LogP contribution >= 0.6 is 0 Å². The summed E-state index contributed by atoms with van der Waals surface area (Å²) >= 11 is 0. The van der Waals surface area contributed by atoms with Gasteiger partial charge in [-0.05, 0) is 49.2 Å². The van der Waals surface area contributed by atoms with Crippen LogP contribution in [-0.2, 0) is 0 Å². The van der Waals surface area contributed by atoms with Crippen LogP contribution in [-0.4, -0.2) is 21.9 Å². The SMILES string of the molecule is O=[N+]1C=C(c2ccc(Oc3ccccc3)cc2)N([O-])[C@@H]2CCCC[C@H]21. The zero-order valence-corrected chi connectivity index (χ0v) is 13.9. The topological polar surface area (TPSA) is 55.6 Å². The normalized spacial score (nSPS) is 23.0. The van der Waals surface area contributed by atoms with Gasteiger partial charge < -0.3 is 15.0 Å². The molecule has 0 spiro atoms. The maximum atomic E-state index is 12.7. The van der Waals surface area contributed by atoms with Gasteiger partial charge in [-0.2, -0.15) is 0 Å². The molecule has 1 saturated carbocycles. The van der Waals surface area contributed by atoms with Gasteiger partial charge in [0.25, 0.3) is 0 Å². The number of nitroso groups, excluding NO2 is 1. The second-order valence-corrected chi connectivity index (χ2v) is 6.56. The monoisotopic (exact) mass is 336 g/mol. The Morgan fingerprint density at radius 1 is 0.960 bits per heavy atom. The fourth-order valence-corrected chi connectivity index (χ4v) is 3.63. The predicted octanol–water partition coefficient (Wildman–Crippen LogP) is 4.68. The van der Waals surface area contributed by atoms with Crippen LogP contribution in [0, 0.1) is 10.1 Å². The smallest absolute Gasteiger partial charge is 0.244 e. The number of fused-ring (bicyclic) bond motifs is 1. The lowest BCUT2D eigenvalue weighted by atomic mass is 9.88. The van der Waals surface area contributed by atoms with Crippen molar-refractivity contribution in [2.75, 3.05) is 0 Å². The molecule has 0 saturated heterocycles. The number of benzene rings is 2. The van der Waals surface area contributed by atoms with Gasteiger partial charge in [-0.15, -0.1) is 0 Å². The minimum atomic E-state index is -0.244. The quantitative estimate of drug-likeness (QED) is 0.764. The highest BCUT2D eigenvalue weighted by Gasteiger charge is 2.41. The lowest BCUT2D eigenvalue weighted by molar-refractivity contribution is -0.536. The summed E-state index contributed by atoms with van der Waals surface area (Å²) in [5, 5.41) is 13.8. The van der Waals surface area contributed by atoms with Crippen LogP contribution in [0.25, 0.3) is 5.70 Å². The molecule has 1 aliphatic carbocycles. The molecule has 0 bridgehead atoms. The van der Waals surface area contributed by atoms with Crippen LogP contribution in [0.4, 0.5) is 0 Å². The van der Waals surface area contributed by atoms with Gasteiger partial charge in [-0.25, -0.2) is 0 Å². The van der Waals surface area contributed by atoms with E-state index in [0.29, 0.717) is 11.4 Å². The van der Waals surface area contributed by atoms with Crippen molar-refractivity contribution < 1.29 is 9.50 Å². The Morgan fingerprint density at radius 3 is 2.40 bits per heavy atom. The van der Waals surface area contributed by atoms with Crippen molar-refractivity contribution in [3.63, 3.8) is 0 Å². The summed E-state index contributed by atoms with van der Waals surface area (Å²) < 4.78 is 6.75. The largest absolute Gasteiger partial charge is 0.758 e. The van der Waals surface area contributed by atoms with Crippen molar-refractivity contribution in [2.45, 2.75) is 37.8 Å². The van der Waals surface area contributed by atoms with Crippen LogP contribution in [0.3, 0.4) is 0 Å². The third kappa shape index (κ3) is 3.15. The molecule has 2 atom stereocenters. The third-order valence-electron chi connectivity index (χ3n) is 4.94. The third-order valence-corrected chi connectivity index (χ3v) is 4.94. The Labute approximate surface area is 146 Å². The maximum Gasteiger partial charge on any atom is 0.244 e. The van der Waals surface area contributed by atoms with Gasteiger partial charge in [0.15, 0.2) is 0 Å². The van der Waals surface area contributed by atoms with Crippen LogP contribution < -0.4 is 4.74 Å². The Hall–Kier alpha value is -2.66. The lowest BCUT2D eigenvalue weighted by Crippen LogP contribution is -2.49. The molecule has 2 aromatic carbocycles. The first-order valence-corrected chi connectivity index (χ1v) is 8.69. The number of hydrogen-bond donors (Lipinski definition) is 0. The van der Waals surface area contributed by atoms with E-state index < -0.39 is 0 Å². The predicted molar refractivity (Wildman–Crippen MR) is 95.8 cm³/mol. The van der Waals surface area contributed by atoms with Gasteiger partial charge in [0, 0.05) is 21.7 Å². The van der Waals surface area contributed by atoms with Gasteiger partial charge in [-0.3, -0.25) is 0 Å². The summed E-state index contributed by atoms with van der Waals surface area (Å²) in [6.07, 6.45) is 5.03. The first-order chi connectivity index (χ1) is 12.2. The Balaban J connectivity index is 1.56. The minimum Gasteiger partial charge on any atom is -0.758 e. The molecule has 25 heavy (non-hydrogen) atoms. The summed E-state index contributed by atoms with van der Waals surface area (Å²) in [6, 6.07) is 16.4. The molecule has 1 aliphatic heterocycles. The first kappa shape index (κ1) is 15.8. The van der Waals surface area contributed by atoms with E-state index in [1.165, 1.54) is 6.20 Å². The second kappa shape index (κ2) is 6.69. The van der Waals surface area contributed by atoms with E-state index in [1.807, 2.05) is 54.6 Å². The number of rotatable bonds is 3. The van der Waals surface area contributed by atoms with Crippen LogP contribution in [0.5, 0.6) is 11.5 Å². The van der Waals surface area contributed by atoms with Gasteiger partial charge in [-0.1, -0.05) is 24.6 Å². The molecule has 2 aliphatic rings. The van der Waals surface area contributed by atoms with Crippen molar-refractivity contribution in [3.8, 4) is 11.5 Å². The molecular formula is C20H20N2O3. The number of ether oxygens (including phenoxy) is 1. The molecule has 0 N–H and O–H groups in total. The highest BCUT2D eigenvalue weighted by molar-refractivity contribution is 5.65. The Morgan fingerprint density at radius 2 is 1.64 bits per heavy atom. The molecule has 0 unspecified atom stereocenters. The average molecular weight is 336 g/mol. The molecule has 0 aromatic heterocycles. The molecule has 2 aromatic rings. The molecule has 0 amide bonds. The van der Waals surface area contributed by atoms with Crippen molar-refractivity contribution in [2.24, 2.45) is 0 Å². The number of hydroxylamine groups is 2. The molecule has 1 fully saturated rings. The fraction of sp³-hybridized carbons (Fsp3) is 0.300. The second-order valence-electron chi connectivity index (χ2n) is 6.56. The summed E-state index contributed by atoms with van der Waals surface area (Å²) in [4.78, 5) is 12.3. The van der Waals surface area contributed by atoms with E-state index >= 15 is 0 Å². The molecule has 5 heteroatoms. The van der Waals surface area contributed by atoms with Crippen LogP contribution in [0.1, 0.15) is 31.2 Å². The average Bonchev–Trinajstić information content (AvgIpc) is 2.66. The van der Waals surface area contributed by atoms with E-state index in [2.05, 4.69) is 0 Å². The van der Waals surface area contributed by atoms with E-state index in [-0.39, 0.29) is 12.1 Å². The van der Waals surface area contributed by atoms with E-state index in [9.17, 15) is 10.1 Å². The van der Waals surface area contributed by atoms with Crippen LogP contribution in [0.2, 0.25) is 0 Å². The standard InChI is InChI=1S/C20H20N2O3/c23-21-14-20(22(24)19-9-5-4-8-18(19)21)15-10-12-17(13-11-15)25-16-6-2-1-3-7-16/h1-3,6-7,10-14,18-19H,4-5,8-9H2/t18-,19-/m1/s1. The van der Waals surface area contributed by atoms with Gasteiger partial charge in [0.2, 0.25) is 12.2 Å². The van der Waals surface area contributed by atoms with Crippen molar-refractivity contribution in [3.05, 3.63) is 76.5 Å². The number of hydrogen-bond acceptors (Lipinski definition) is 4. The van der Waals surface area contributed by atoms with E-state index in [0.717, 1.165) is 46.8 Å². The lowest BCUT2D eigenvalue weighted by Gasteiger charge is -2.44. The molecule has 4 rings (SSSR count). The molecular weight excluding hydrogens is 316 g/mol. The van der Waals surface area contributed by atoms with Crippen LogP contribution in [0.15, 0.2) is 60.8 Å². The molecule has 5 nitrogen and oxygen atoms in total. The van der Waals surface area contributed by atoms with E-state index in [4.69, 9.17) is 4.74 Å². The number of para-hydroxylation sites is 1. The summed E-state index contributed by atoms with van der Waals surface area (Å²) in [6.45, 7) is 0. The zero-order valence-electron chi connectivity index (χ0n) is 13.9. The highest BCUT2D eigenvalue weighted by atomic mass is 16.5. The highest BCUT2D eigenvalue weighted by Crippen LogP contribution is 2.35. The van der Waals surface area contributed by atoms with E-state index in [1.54, 1.807) is 0 Å². The first-order valence-electron chi connectivity index (χ1n) is 8.69. The summed E-state index contributed by atoms with van der Waals surface area (Å²) in [7, 11) is 0. The Kier molecular flexibility index (Phi) is 4.24. The molecule has 1 heterocycles. The fourth-order valence-electron chi connectivity index (χ4n) is 3.63. The number of nitrogens with zero attached hydrogens (tertiary/aromatic N) is 2. The van der Waals surface area contributed by atoms with Gasteiger partial charge in [0.05, 0.1) is 6.04 Å². The van der Waals surface area contributed by atoms with Crippen molar-refractivity contribution >= 4 is 5.70 Å². The molecule has 128 valence electrons. The van der Waals surface area contributed by atoms with Gasteiger partial charge >= 0.3 is 0 Å².